The van der Waals surface area contributed by atoms with Crippen molar-refractivity contribution in [1.82, 2.24) is 24.7 Å². The van der Waals surface area contributed by atoms with Crippen LogP contribution in [-0.4, -0.2) is 69.5 Å². The molecule has 2 fully saturated rings. The number of carbonyl (C=O) groups excluding carboxylic acids is 1. The van der Waals surface area contributed by atoms with Gasteiger partial charge >= 0.3 is 6.18 Å². The summed E-state index contributed by atoms with van der Waals surface area (Å²) in [5, 5.41) is 10.7. The Bertz CT molecular complexity index is 817. The maximum atomic E-state index is 13.1. The van der Waals surface area contributed by atoms with Crippen molar-refractivity contribution in [3.63, 3.8) is 0 Å². The van der Waals surface area contributed by atoms with E-state index in [2.05, 4.69) is 15.3 Å². The van der Waals surface area contributed by atoms with Gasteiger partial charge in [0.05, 0.1) is 13.2 Å². The third kappa shape index (κ3) is 2.96. The van der Waals surface area contributed by atoms with Crippen LogP contribution in [-0.2, 0) is 15.7 Å². The summed E-state index contributed by atoms with van der Waals surface area (Å²) in [7, 11) is 0. The summed E-state index contributed by atoms with van der Waals surface area (Å²) in [5.41, 5.74) is 0.0105. The lowest BCUT2D eigenvalue weighted by atomic mass is 10.2. The summed E-state index contributed by atoms with van der Waals surface area (Å²) in [6.45, 7) is 2.61. The van der Waals surface area contributed by atoms with Crippen LogP contribution in [0.5, 0.6) is 0 Å². The Labute approximate surface area is 146 Å². The van der Waals surface area contributed by atoms with Crippen LogP contribution in [0.4, 0.5) is 19.0 Å². The molecule has 2 aliphatic heterocycles. The number of hydrogen-bond donors (Lipinski definition) is 0. The van der Waals surface area contributed by atoms with Gasteiger partial charge in [-0.1, -0.05) is 0 Å². The highest BCUT2D eigenvalue weighted by Gasteiger charge is 2.39. The average Bonchev–Trinajstić information content (AvgIpc) is 3.27. The fraction of sp³-hybridized carbons (Fsp3) is 0.600. The second-order valence-corrected chi connectivity index (χ2v) is 6.27. The van der Waals surface area contributed by atoms with Gasteiger partial charge in [0.25, 0.3) is 5.82 Å². The van der Waals surface area contributed by atoms with E-state index in [0.29, 0.717) is 49.6 Å². The van der Waals surface area contributed by atoms with Crippen molar-refractivity contribution in [3.8, 4) is 0 Å². The summed E-state index contributed by atoms with van der Waals surface area (Å²) in [6.07, 6.45) is -3.24. The van der Waals surface area contributed by atoms with Crippen LogP contribution in [0.2, 0.25) is 0 Å². The number of alkyl halides is 3. The van der Waals surface area contributed by atoms with Crippen LogP contribution >= 0.6 is 0 Å². The van der Waals surface area contributed by atoms with Gasteiger partial charge in [-0.15, -0.1) is 15.3 Å². The number of anilines is 1. The van der Waals surface area contributed by atoms with Gasteiger partial charge in [-0.3, -0.25) is 4.79 Å². The molecule has 0 N–H and O–H groups in total. The van der Waals surface area contributed by atoms with Gasteiger partial charge in [0.15, 0.2) is 5.65 Å². The van der Waals surface area contributed by atoms with E-state index < -0.39 is 18.0 Å². The van der Waals surface area contributed by atoms with E-state index in [4.69, 9.17) is 4.74 Å². The van der Waals surface area contributed by atoms with E-state index in [1.165, 1.54) is 6.07 Å². The first-order valence-electron chi connectivity index (χ1n) is 8.38. The van der Waals surface area contributed by atoms with Crippen LogP contribution in [0, 0.1) is 0 Å². The van der Waals surface area contributed by atoms with Crippen molar-refractivity contribution >= 4 is 17.4 Å². The van der Waals surface area contributed by atoms with Gasteiger partial charge in [-0.25, -0.2) is 0 Å². The van der Waals surface area contributed by atoms with Crippen LogP contribution in [0.25, 0.3) is 5.65 Å². The topological polar surface area (TPSA) is 75.9 Å². The molecule has 26 heavy (non-hydrogen) atoms. The van der Waals surface area contributed by atoms with Gasteiger partial charge in [0.1, 0.15) is 11.9 Å². The first-order chi connectivity index (χ1) is 12.4. The Morgan fingerprint density at radius 3 is 2.65 bits per heavy atom. The number of rotatable bonds is 2. The van der Waals surface area contributed by atoms with Crippen molar-refractivity contribution in [2.45, 2.75) is 25.1 Å². The number of ether oxygens (including phenoxy) is 1. The van der Waals surface area contributed by atoms with Crippen molar-refractivity contribution in [1.29, 1.82) is 0 Å². The molecule has 140 valence electrons. The van der Waals surface area contributed by atoms with Gasteiger partial charge in [0.2, 0.25) is 5.91 Å². The fourth-order valence-corrected chi connectivity index (χ4v) is 3.40. The van der Waals surface area contributed by atoms with E-state index in [-0.39, 0.29) is 11.6 Å². The summed E-state index contributed by atoms with van der Waals surface area (Å²) < 4.78 is 45.1. The summed E-state index contributed by atoms with van der Waals surface area (Å²) >= 11 is 0. The predicted octanol–water partition coefficient (Wildman–Crippen LogP) is 0.971. The van der Waals surface area contributed by atoms with Crippen LogP contribution in [0.1, 0.15) is 18.7 Å². The number of morpholine rings is 1. The number of halogens is 3. The van der Waals surface area contributed by atoms with E-state index in [1.807, 2.05) is 0 Å². The molecule has 0 radical (unpaired) electrons. The van der Waals surface area contributed by atoms with Gasteiger partial charge in [-0.2, -0.15) is 17.7 Å². The van der Waals surface area contributed by atoms with Gasteiger partial charge in [-0.05, 0) is 25.0 Å². The number of amides is 1. The molecule has 4 heterocycles. The minimum absolute atomic E-state index is 0.0105. The van der Waals surface area contributed by atoms with Crippen molar-refractivity contribution in [3.05, 3.63) is 18.0 Å². The van der Waals surface area contributed by atoms with Crippen LogP contribution in [0.15, 0.2) is 12.1 Å². The van der Waals surface area contributed by atoms with E-state index in [9.17, 15) is 18.0 Å². The molecule has 4 rings (SSSR count). The summed E-state index contributed by atoms with van der Waals surface area (Å²) in [5.74, 6) is -0.899. The van der Waals surface area contributed by atoms with Crippen LogP contribution in [0.3, 0.4) is 0 Å². The highest BCUT2D eigenvalue weighted by atomic mass is 19.4. The van der Waals surface area contributed by atoms with Gasteiger partial charge < -0.3 is 14.5 Å². The zero-order valence-electron chi connectivity index (χ0n) is 13.8. The largest absolute Gasteiger partial charge is 0.453 e. The molecule has 0 saturated carbocycles. The third-order valence-corrected chi connectivity index (χ3v) is 4.66. The normalized spacial score (nSPS) is 21.6. The summed E-state index contributed by atoms with van der Waals surface area (Å²) in [6, 6.07) is 2.58. The quantitative estimate of drug-likeness (QED) is 0.784. The lowest BCUT2D eigenvalue weighted by Gasteiger charge is -2.32. The number of carbonyl (C=O) groups is 1. The molecule has 1 amide bonds. The van der Waals surface area contributed by atoms with E-state index in [0.717, 1.165) is 6.42 Å². The highest BCUT2D eigenvalue weighted by molar-refractivity contribution is 5.85. The molecule has 0 aliphatic carbocycles. The van der Waals surface area contributed by atoms with Crippen molar-refractivity contribution in [2.24, 2.45) is 0 Å². The minimum atomic E-state index is -4.65. The third-order valence-electron chi connectivity index (χ3n) is 4.66. The molecule has 0 bridgehead atoms. The smallest absolute Gasteiger partial charge is 0.378 e. The molecule has 2 aromatic rings. The molecular formula is C15H17F3N6O2. The Hall–Kier alpha value is -2.43. The number of aromatic nitrogens is 4. The molecule has 8 nitrogen and oxygen atoms in total. The zero-order valence-corrected chi connectivity index (χ0v) is 13.8. The maximum Gasteiger partial charge on any atom is 0.453 e. The predicted molar refractivity (Wildman–Crippen MR) is 83.6 cm³/mol. The first-order valence-corrected chi connectivity index (χ1v) is 8.38. The number of hydrogen-bond acceptors (Lipinski definition) is 6. The lowest BCUT2D eigenvalue weighted by molar-refractivity contribution is -0.146. The molecule has 2 saturated heterocycles. The van der Waals surface area contributed by atoms with Crippen LogP contribution < -0.4 is 4.90 Å². The SMILES string of the molecule is O=C([C@@H]1CCCN1c1ccc2nnc(C(F)(F)F)n2n1)N1CCOCC1. The monoisotopic (exact) mass is 370 g/mol. The molecular weight excluding hydrogens is 353 g/mol. The number of nitrogens with zero attached hydrogens (tertiary/aromatic N) is 6. The average molecular weight is 370 g/mol. The minimum Gasteiger partial charge on any atom is -0.378 e. The van der Waals surface area contributed by atoms with Crippen molar-refractivity contribution in [2.75, 3.05) is 37.7 Å². The Balaban J connectivity index is 1.64. The molecule has 1 atom stereocenters. The van der Waals surface area contributed by atoms with E-state index >= 15 is 0 Å². The summed E-state index contributed by atoms with van der Waals surface area (Å²) in [4.78, 5) is 16.3. The standard InChI is InChI=1S/C15H17F3N6O2/c16-15(17,18)14-20-19-11-3-4-12(21-24(11)14)23-5-1-2-10(23)13(25)22-6-8-26-9-7-22/h3-4,10H,1-2,5-9H2/t10-/m0/s1. The molecule has 0 spiro atoms. The number of fused-ring (bicyclic) bond motifs is 1. The maximum absolute atomic E-state index is 13.1. The molecule has 0 aromatic carbocycles. The fourth-order valence-electron chi connectivity index (χ4n) is 3.40. The Kier molecular flexibility index (Phi) is 4.17. The Morgan fingerprint density at radius 1 is 1.15 bits per heavy atom. The second kappa shape index (κ2) is 6.38. The molecule has 11 heteroatoms. The van der Waals surface area contributed by atoms with Crippen molar-refractivity contribution < 1.29 is 22.7 Å². The van der Waals surface area contributed by atoms with Gasteiger partial charge in [0, 0.05) is 19.6 Å². The lowest BCUT2D eigenvalue weighted by Crippen LogP contribution is -2.50. The molecule has 2 aliphatic rings. The highest BCUT2D eigenvalue weighted by Crippen LogP contribution is 2.29. The Morgan fingerprint density at radius 2 is 1.92 bits per heavy atom. The zero-order chi connectivity index (χ0) is 18.3. The molecule has 2 aromatic heterocycles. The molecule has 0 unspecified atom stereocenters. The second-order valence-electron chi connectivity index (χ2n) is 6.27. The van der Waals surface area contributed by atoms with E-state index in [1.54, 1.807) is 15.9 Å². The first kappa shape index (κ1) is 17.0.